The molecule has 1 saturated heterocycles. The molecule has 4 nitrogen and oxygen atoms in total. The number of hydrogen-bond donors (Lipinski definition) is 1. The van der Waals surface area contributed by atoms with Crippen LogP contribution in [-0.4, -0.2) is 42.6 Å². The predicted octanol–water partition coefficient (Wildman–Crippen LogP) is -0.0290. The van der Waals surface area contributed by atoms with Crippen LogP contribution in [0.15, 0.2) is 0 Å². The largest absolute Gasteiger partial charge is 0.377 e. The number of morpholine rings is 1. The highest BCUT2D eigenvalue weighted by atomic mass is 16.5. The maximum absolute atomic E-state index is 11.6. The van der Waals surface area contributed by atoms with Crippen molar-refractivity contribution in [3.05, 3.63) is 0 Å². The summed E-state index contributed by atoms with van der Waals surface area (Å²) in [6, 6.07) is -0.181. The summed E-state index contributed by atoms with van der Waals surface area (Å²) in [5, 5.41) is 0. The van der Waals surface area contributed by atoms with Gasteiger partial charge < -0.3 is 15.4 Å². The Morgan fingerprint density at radius 2 is 2.46 bits per heavy atom. The van der Waals surface area contributed by atoms with Crippen LogP contribution in [0.3, 0.4) is 0 Å². The fourth-order valence-electron chi connectivity index (χ4n) is 1.54. The number of nitrogens with two attached hydrogens (primary N) is 1. The summed E-state index contributed by atoms with van der Waals surface area (Å²) in [7, 11) is 0. The Hall–Kier alpha value is -0.610. The SMILES string of the molecule is CCC1COCCN1C(=O)C(C)N. The van der Waals surface area contributed by atoms with Crippen molar-refractivity contribution in [2.75, 3.05) is 19.8 Å². The first-order valence-corrected chi connectivity index (χ1v) is 4.80. The minimum absolute atomic E-state index is 0.0372. The van der Waals surface area contributed by atoms with Gasteiger partial charge in [-0.1, -0.05) is 6.92 Å². The summed E-state index contributed by atoms with van der Waals surface area (Å²) in [6.45, 7) is 5.74. The number of carbonyl (C=O) groups excluding carboxylic acids is 1. The molecule has 0 aromatic carbocycles. The maximum atomic E-state index is 11.6. The first-order chi connectivity index (χ1) is 6.16. The van der Waals surface area contributed by atoms with Crippen LogP contribution in [0.5, 0.6) is 0 Å². The summed E-state index contributed by atoms with van der Waals surface area (Å²) < 4.78 is 5.30. The number of ether oxygens (including phenoxy) is 1. The molecular weight excluding hydrogens is 168 g/mol. The minimum atomic E-state index is -0.396. The first-order valence-electron chi connectivity index (χ1n) is 4.80. The molecule has 0 aliphatic carbocycles. The third kappa shape index (κ3) is 2.42. The Kier molecular flexibility index (Phi) is 3.69. The second-order valence-corrected chi connectivity index (χ2v) is 3.46. The van der Waals surface area contributed by atoms with Gasteiger partial charge in [0.25, 0.3) is 0 Å². The van der Waals surface area contributed by atoms with Crippen LogP contribution in [0.25, 0.3) is 0 Å². The Morgan fingerprint density at radius 3 is 3.00 bits per heavy atom. The molecule has 0 saturated carbocycles. The molecule has 0 aromatic rings. The summed E-state index contributed by atoms with van der Waals surface area (Å²) >= 11 is 0. The molecule has 1 fully saturated rings. The Bertz CT molecular complexity index is 182. The van der Waals surface area contributed by atoms with Crippen molar-refractivity contribution >= 4 is 5.91 Å². The lowest BCUT2D eigenvalue weighted by molar-refractivity contribution is -0.140. The van der Waals surface area contributed by atoms with Gasteiger partial charge in [0.2, 0.25) is 5.91 Å². The van der Waals surface area contributed by atoms with Gasteiger partial charge in [0.05, 0.1) is 25.3 Å². The number of amides is 1. The van der Waals surface area contributed by atoms with E-state index in [0.717, 1.165) is 6.42 Å². The standard InChI is InChI=1S/C9H18N2O2/c1-3-8-6-13-5-4-11(8)9(12)7(2)10/h7-8H,3-6,10H2,1-2H3. The predicted molar refractivity (Wildman–Crippen MR) is 50.3 cm³/mol. The highest BCUT2D eigenvalue weighted by Crippen LogP contribution is 2.11. The van der Waals surface area contributed by atoms with E-state index in [0.29, 0.717) is 19.8 Å². The third-order valence-corrected chi connectivity index (χ3v) is 2.37. The Labute approximate surface area is 79.0 Å². The van der Waals surface area contributed by atoms with Crippen molar-refractivity contribution in [3.8, 4) is 0 Å². The third-order valence-electron chi connectivity index (χ3n) is 2.37. The fraction of sp³-hybridized carbons (Fsp3) is 0.889. The van der Waals surface area contributed by atoms with Crippen molar-refractivity contribution in [1.29, 1.82) is 0 Å². The van der Waals surface area contributed by atoms with E-state index in [9.17, 15) is 4.79 Å². The van der Waals surface area contributed by atoms with Crippen LogP contribution >= 0.6 is 0 Å². The molecule has 13 heavy (non-hydrogen) atoms. The molecule has 1 amide bonds. The van der Waals surface area contributed by atoms with Crippen LogP contribution in [0.1, 0.15) is 20.3 Å². The summed E-state index contributed by atoms with van der Waals surface area (Å²) in [4.78, 5) is 13.5. The van der Waals surface area contributed by atoms with Gasteiger partial charge in [-0.25, -0.2) is 0 Å². The molecule has 0 aromatic heterocycles. The van der Waals surface area contributed by atoms with Crippen LogP contribution in [0, 0.1) is 0 Å². The molecule has 2 atom stereocenters. The van der Waals surface area contributed by atoms with Crippen LogP contribution in [0.2, 0.25) is 0 Å². The molecule has 4 heteroatoms. The van der Waals surface area contributed by atoms with E-state index in [2.05, 4.69) is 6.92 Å². The van der Waals surface area contributed by atoms with E-state index in [-0.39, 0.29) is 11.9 Å². The molecule has 2 N–H and O–H groups in total. The van der Waals surface area contributed by atoms with Gasteiger partial charge in [0, 0.05) is 6.54 Å². The number of rotatable bonds is 2. The van der Waals surface area contributed by atoms with Crippen molar-refractivity contribution in [1.82, 2.24) is 4.90 Å². The first kappa shape index (κ1) is 10.5. The van der Waals surface area contributed by atoms with Gasteiger partial charge in [-0.15, -0.1) is 0 Å². The van der Waals surface area contributed by atoms with Gasteiger partial charge in [-0.3, -0.25) is 4.79 Å². The van der Waals surface area contributed by atoms with Crippen molar-refractivity contribution in [2.45, 2.75) is 32.4 Å². The van der Waals surface area contributed by atoms with Gasteiger partial charge in [-0.2, -0.15) is 0 Å². The van der Waals surface area contributed by atoms with E-state index in [4.69, 9.17) is 10.5 Å². The van der Waals surface area contributed by atoms with Crippen molar-refractivity contribution in [3.63, 3.8) is 0 Å². The van der Waals surface area contributed by atoms with E-state index in [1.54, 1.807) is 6.92 Å². The molecule has 1 rings (SSSR count). The van der Waals surface area contributed by atoms with E-state index in [1.807, 2.05) is 4.90 Å². The lowest BCUT2D eigenvalue weighted by Gasteiger charge is -2.36. The molecule has 1 aliphatic heterocycles. The highest BCUT2D eigenvalue weighted by Gasteiger charge is 2.27. The second-order valence-electron chi connectivity index (χ2n) is 3.46. The monoisotopic (exact) mass is 186 g/mol. The fourth-order valence-corrected chi connectivity index (χ4v) is 1.54. The summed E-state index contributed by atoms with van der Waals surface area (Å²) in [6.07, 6.45) is 0.929. The molecule has 2 unspecified atom stereocenters. The van der Waals surface area contributed by atoms with Crippen LogP contribution in [-0.2, 0) is 9.53 Å². The zero-order valence-electron chi connectivity index (χ0n) is 8.32. The molecule has 0 bridgehead atoms. The minimum Gasteiger partial charge on any atom is -0.377 e. The molecular formula is C9H18N2O2. The quantitative estimate of drug-likeness (QED) is 0.659. The van der Waals surface area contributed by atoms with E-state index >= 15 is 0 Å². The van der Waals surface area contributed by atoms with Crippen molar-refractivity contribution in [2.24, 2.45) is 5.73 Å². The normalized spacial score (nSPS) is 25.8. The Balaban J connectivity index is 2.58. The van der Waals surface area contributed by atoms with Gasteiger partial charge in [-0.05, 0) is 13.3 Å². The smallest absolute Gasteiger partial charge is 0.239 e. The maximum Gasteiger partial charge on any atom is 0.239 e. The van der Waals surface area contributed by atoms with E-state index < -0.39 is 6.04 Å². The lowest BCUT2D eigenvalue weighted by atomic mass is 10.1. The second kappa shape index (κ2) is 4.58. The summed E-state index contributed by atoms with van der Waals surface area (Å²) in [5.41, 5.74) is 5.55. The molecule has 1 aliphatic rings. The van der Waals surface area contributed by atoms with Gasteiger partial charge >= 0.3 is 0 Å². The zero-order valence-corrected chi connectivity index (χ0v) is 8.32. The number of hydrogen-bond acceptors (Lipinski definition) is 3. The summed E-state index contributed by atoms with van der Waals surface area (Å²) in [5.74, 6) is 0.0372. The van der Waals surface area contributed by atoms with Crippen molar-refractivity contribution < 1.29 is 9.53 Å². The zero-order chi connectivity index (χ0) is 9.84. The number of nitrogens with zero attached hydrogens (tertiary/aromatic N) is 1. The molecule has 0 spiro atoms. The molecule has 1 heterocycles. The topological polar surface area (TPSA) is 55.6 Å². The average molecular weight is 186 g/mol. The highest BCUT2D eigenvalue weighted by molar-refractivity contribution is 5.81. The van der Waals surface area contributed by atoms with E-state index in [1.165, 1.54) is 0 Å². The molecule has 76 valence electrons. The molecule has 0 radical (unpaired) electrons. The number of carbonyl (C=O) groups is 1. The lowest BCUT2D eigenvalue weighted by Crippen LogP contribution is -2.53. The van der Waals surface area contributed by atoms with Crippen LogP contribution < -0.4 is 5.73 Å². The average Bonchev–Trinajstić information content (AvgIpc) is 2.16. The Morgan fingerprint density at radius 1 is 1.77 bits per heavy atom. The van der Waals surface area contributed by atoms with Gasteiger partial charge in [0.1, 0.15) is 0 Å². The van der Waals surface area contributed by atoms with Gasteiger partial charge in [0.15, 0.2) is 0 Å². The van der Waals surface area contributed by atoms with Crippen LogP contribution in [0.4, 0.5) is 0 Å².